The molecule has 0 spiro atoms. The van der Waals surface area contributed by atoms with Crippen LogP contribution >= 0.6 is 0 Å². The lowest BCUT2D eigenvalue weighted by Crippen LogP contribution is -2.36. The van der Waals surface area contributed by atoms with Gasteiger partial charge in [0.05, 0.1) is 12.7 Å². The second-order valence-corrected chi connectivity index (χ2v) is 5.11. The first-order chi connectivity index (χ1) is 9.22. The number of carbonyl (C=O) groups excluding carboxylic acids is 1. The van der Waals surface area contributed by atoms with Crippen LogP contribution in [0.2, 0.25) is 0 Å². The molecule has 1 aromatic carbocycles. The summed E-state index contributed by atoms with van der Waals surface area (Å²) in [6, 6.07) is 7.53. The zero-order valence-electron chi connectivity index (χ0n) is 11.3. The smallest absolute Gasteiger partial charge is 0.337 e. The molecule has 0 aromatic heterocycles. The number of aliphatic hydroxyl groups is 1. The Labute approximate surface area is 114 Å². The van der Waals surface area contributed by atoms with Crippen molar-refractivity contribution in [2.24, 2.45) is 5.92 Å². The maximum absolute atomic E-state index is 11.3. The van der Waals surface area contributed by atoms with Gasteiger partial charge in [-0.1, -0.05) is 12.1 Å². The molecule has 0 unspecified atom stereocenters. The SMILES string of the molecule is COC(=O)c1ccc(CN2CCC[C@H](CO)C2)cc1. The van der Waals surface area contributed by atoms with Crippen molar-refractivity contribution in [3.63, 3.8) is 0 Å². The first kappa shape index (κ1) is 14.0. The van der Waals surface area contributed by atoms with Gasteiger partial charge in [-0.15, -0.1) is 0 Å². The van der Waals surface area contributed by atoms with Gasteiger partial charge in [0.1, 0.15) is 0 Å². The Bertz CT molecular complexity index is 416. The predicted octanol–water partition coefficient (Wildman–Crippen LogP) is 1.68. The third kappa shape index (κ3) is 3.78. The number of carbonyl (C=O) groups is 1. The minimum atomic E-state index is -0.301. The summed E-state index contributed by atoms with van der Waals surface area (Å²) < 4.78 is 4.68. The van der Waals surface area contributed by atoms with Crippen LogP contribution in [-0.4, -0.2) is 42.8 Å². The molecular formula is C15H21NO3. The summed E-state index contributed by atoms with van der Waals surface area (Å²) in [5, 5.41) is 9.22. The van der Waals surface area contributed by atoms with Gasteiger partial charge in [-0.05, 0) is 43.0 Å². The summed E-state index contributed by atoms with van der Waals surface area (Å²) in [5.41, 5.74) is 1.77. The summed E-state index contributed by atoms with van der Waals surface area (Å²) in [6.07, 6.45) is 2.26. The molecule has 104 valence electrons. The first-order valence-corrected chi connectivity index (χ1v) is 6.73. The molecule has 1 saturated heterocycles. The van der Waals surface area contributed by atoms with Crippen molar-refractivity contribution >= 4 is 5.97 Å². The Morgan fingerprint density at radius 3 is 2.79 bits per heavy atom. The molecule has 1 aliphatic rings. The van der Waals surface area contributed by atoms with Crippen LogP contribution in [0, 0.1) is 5.92 Å². The number of hydrogen-bond donors (Lipinski definition) is 1. The van der Waals surface area contributed by atoms with Crippen molar-refractivity contribution in [2.45, 2.75) is 19.4 Å². The van der Waals surface area contributed by atoms with E-state index in [-0.39, 0.29) is 12.6 Å². The van der Waals surface area contributed by atoms with E-state index in [1.165, 1.54) is 12.7 Å². The van der Waals surface area contributed by atoms with E-state index >= 15 is 0 Å². The van der Waals surface area contributed by atoms with Crippen molar-refractivity contribution in [1.82, 2.24) is 4.90 Å². The Balaban J connectivity index is 1.94. The van der Waals surface area contributed by atoms with E-state index in [1.807, 2.05) is 12.1 Å². The lowest BCUT2D eigenvalue weighted by Gasteiger charge is -2.31. The molecule has 1 heterocycles. The number of ether oxygens (including phenoxy) is 1. The van der Waals surface area contributed by atoms with Gasteiger partial charge in [-0.3, -0.25) is 4.90 Å². The highest BCUT2D eigenvalue weighted by Gasteiger charge is 2.19. The van der Waals surface area contributed by atoms with E-state index in [1.54, 1.807) is 12.1 Å². The highest BCUT2D eigenvalue weighted by Crippen LogP contribution is 2.18. The maximum atomic E-state index is 11.3. The number of esters is 1. The van der Waals surface area contributed by atoms with E-state index in [0.29, 0.717) is 11.5 Å². The second kappa shape index (κ2) is 6.68. The molecule has 0 bridgehead atoms. The number of methoxy groups -OCH3 is 1. The second-order valence-electron chi connectivity index (χ2n) is 5.11. The van der Waals surface area contributed by atoms with Gasteiger partial charge in [-0.2, -0.15) is 0 Å². The van der Waals surface area contributed by atoms with E-state index in [2.05, 4.69) is 9.64 Å². The molecule has 1 atom stereocenters. The molecule has 1 aromatic rings. The summed E-state index contributed by atoms with van der Waals surface area (Å²) in [4.78, 5) is 13.7. The predicted molar refractivity (Wildman–Crippen MR) is 72.9 cm³/mol. The van der Waals surface area contributed by atoms with Gasteiger partial charge < -0.3 is 9.84 Å². The van der Waals surface area contributed by atoms with Crippen molar-refractivity contribution in [1.29, 1.82) is 0 Å². The van der Waals surface area contributed by atoms with Gasteiger partial charge in [0.2, 0.25) is 0 Å². The molecule has 1 fully saturated rings. The molecule has 0 radical (unpaired) electrons. The molecule has 2 rings (SSSR count). The zero-order chi connectivity index (χ0) is 13.7. The molecule has 1 aliphatic heterocycles. The number of benzene rings is 1. The van der Waals surface area contributed by atoms with Crippen LogP contribution in [-0.2, 0) is 11.3 Å². The highest BCUT2D eigenvalue weighted by molar-refractivity contribution is 5.89. The molecule has 0 aliphatic carbocycles. The van der Waals surface area contributed by atoms with Crippen LogP contribution in [0.4, 0.5) is 0 Å². The quantitative estimate of drug-likeness (QED) is 0.840. The standard InChI is InChI=1S/C15H21NO3/c1-19-15(18)14-6-4-12(5-7-14)9-16-8-2-3-13(10-16)11-17/h4-7,13,17H,2-3,8-11H2,1H3/t13-/m0/s1. The van der Waals surface area contributed by atoms with Crippen LogP contribution in [0.15, 0.2) is 24.3 Å². The fourth-order valence-electron chi connectivity index (χ4n) is 2.57. The molecule has 1 N–H and O–H groups in total. The van der Waals surface area contributed by atoms with E-state index in [9.17, 15) is 9.90 Å². The monoisotopic (exact) mass is 263 g/mol. The molecule has 4 heteroatoms. The van der Waals surface area contributed by atoms with Gasteiger partial charge in [0.25, 0.3) is 0 Å². The van der Waals surface area contributed by atoms with E-state index in [4.69, 9.17) is 0 Å². The van der Waals surface area contributed by atoms with Crippen LogP contribution in [0.3, 0.4) is 0 Å². The van der Waals surface area contributed by atoms with E-state index < -0.39 is 0 Å². The topological polar surface area (TPSA) is 49.8 Å². The average molecular weight is 263 g/mol. The molecule has 4 nitrogen and oxygen atoms in total. The highest BCUT2D eigenvalue weighted by atomic mass is 16.5. The van der Waals surface area contributed by atoms with Crippen LogP contribution in [0.25, 0.3) is 0 Å². The molecular weight excluding hydrogens is 242 g/mol. The van der Waals surface area contributed by atoms with Gasteiger partial charge in [0.15, 0.2) is 0 Å². The number of aliphatic hydroxyl groups excluding tert-OH is 1. The first-order valence-electron chi connectivity index (χ1n) is 6.73. The largest absolute Gasteiger partial charge is 0.465 e. The summed E-state index contributed by atoms with van der Waals surface area (Å²) >= 11 is 0. The Hall–Kier alpha value is -1.39. The van der Waals surface area contributed by atoms with Crippen LogP contribution in [0.5, 0.6) is 0 Å². The lowest BCUT2D eigenvalue weighted by molar-refractivity contribution is 0.0600. The lowest BCUT2D eigenvalue weighted by atomic mass is 9.98. The van der Waals surface area contributed by atoms with Crippen LogP contribution in [0.1, 0.15) is 28.8 Å². The average Bonchev–Trinajstić information content (AvgIpc) is 2.47. The fourth-order valence-corrected chi connectivity index (χ4v) is 2.57. The zero-order valence-corrected chi connectivity index (χ0v) is 11.3. The van der Waals surface area contributed by atoms with Gasteiger partial charge in [0, 0.05) is 19.7 Å². The van der Waals surface area contributed by atoms with Crippen molar-refractivity contribution < 1.29 is 14.6 Å². The summed E-state index contributed by atoms with van der Waals surface area (Å²) in [7, 11) is 1.39. The van der Waals surface area contributed by atoms with E-state index in [0.717, 1.165) is 32.5 Å². The third-order valence-corrected chi connectivity index (χ3v) is 3.64. The van der Waals surface area contributed by atoms with Gasteiger partial charge in [-0.25, -0.2) is 4.79 Å². The Kier molecular flexibility index (Phi) is 4.93. The number of hydrogen-bond acceptors (Lipinski definition) is 4. The maximum Gasteiger partial charge on any atom is 0.337 e. The minimum absolute atomic E-state index is 0.276. The van der Waals surface area contributed by atoms with Crippen molar-refractivity contribution in [3.05, 3.63) is 35.4 Å². The molecule has 19 heavy (non-hydrogen) atoms. The van der Waals surface area contributed by atoms with Gasteiger partial charge >= 0.3 is 5.97 Å². The third-order valence-electron chi connectivity index (χ3n) is 3.64. The summed E-state index contributed by atoms with van der Waals surface area (Å²) in [5.74, 6) is 0.105. The Morgan fingerprint density at radius 1 is 1.42 bits per heavy atom. The number of likely N-dealkylation sites (tertiary alicyclic amines) is 1. The van der Waals surface area contributed by atoms with Crippen molar-refractivity contribution in [2.75, 3.05) is 26.8 Å². The minimum Gasteiger partial charge on any atom is -0.465 e. The molecule has 0 amide bonds. The number of rotatable bonds is 4. The number of nitrogens with zero attached hydrogens (tertiary/aromatic N) is 1. The van der Waals surface area contributed by atoms with Crippen LogP contribution < -0.4 is 0 Å². The number of piperidine rings is 1. The molecule has 0 saturated carbocycles. The Morgan fingerprint density at radius 2 is 2.16 bits per heavy atom. The normalized spacial score (nSPS) is 20.2. The fraction of sp³-hybridized carbons (Fsp3) is 0.533. The van der Waals surface area contributed by atoms with Crippen molar-refractivity contribution in [3.8, 4) is 0 Å². The summed E-state index contributed by atoms with van der Waals surface area (Å²) in [6.45, 7) is 3.18.